The maximum absolute atomic E-state index is 11.7. The number of aromatic nitrogens is 2. The fraction of sp³-hybridized carbons (Fsp3) is 0.786. The van der Waals surface area contributed by atoms with Crippen LogP contribution in [0, 0.1) is 0 Å². The number of aliphatic hydroxyl groups excluding tert-OH is 1. The van der Waals surface area contributed by atoms with Crippen molar-refractivity contribution in [2.24, 2.45) is 7.05 Å². The van der Waals surface area contributed by atoms with Crippen LogP contribution in [0.3, 0.4) is 0 Å². The molecular weight excluding hydrogens is 290 g/mol. The van der Waals surface area contributed by atoms with E-state index in [0.29, 0.717) is 12.5 Å². The first-order valence-corrected chi connectivity index (χ1v) is 9.27. The van der Waals surface area contributed by atoms with Crippen molar-refractivity contribution in [3.05, 3.63) is 17.2 Å². The van der Waals surface area contributed by atoms with Gasteiger partial charge in [0.2, 0.25) is 0 Å². The van der Waals surface area contributed by atoms with E-state index in [9.17, 15) is 13.5 Å². The van der Waals surface area contributed by atoms with Gasteiger partial charge in [-0.1, -0.05) is 13.8 Å². The number of imidazole rings is 1. The monoisotopic (exact) mass is 313 g/mol. The largest absolute Gasteiger partial charge is 0.390 e. The SMILES string of the molecule is CC(C)c1nc2c(n1C)CCN([C@H]1CS(=O)(=O)C[C@H]1O)C2. The molecule has 1 aromatic heterocycles. The summed E-state index contributed by atoms with van der Waals surface area (Å²) in [4.78, 5) is 6.80. The lowest BCUT2D eigenvalue weighted by Crippen LogP contribution is -2.45. The average molecular weight is 313 g/mol. The molecule has 0 radical (unpaired) electrons. The fourth-order valence-electron chi connectivity index (χ4n) is 3.53. The van der Waals surface area contributed by atoms with Gasteiger partial charge in [0.1, 0.15) is 5.82 Å². The van der Waals surface area contributed by atoms with Gasteiger partial charge < -0.3 is 9.67 Å². The third kappa shape index (κ3) is 2.62. The molecule has 0 saturated carbocycles. The summed E-state index contributed by atoms with van der Waals surface area (Å²) in [6, 6.07) is -0.285. The van der Waals surface area contributed by atoms with Gasteiger partial charge in [0.25, 0.3) is 0 Å². The number of fused-ring (bicyclic) bond motifs is 1. The molecule has 0 bridgehead atoms. The number of rotatable bonds is 2. The molecule has 2 atom stereocenters. The first kappa shape index (κ1) is 15.0. The van der Waals surface area contributed by atoms with Gasteiger partial charge in [0, 0.05) is 38.2 Å². The maximum Gasteiger partial charge on any atom is 0.154 e. The molecule has 1 aromatic rings. The van der Waals surface area contributed by atoms with Crippen LogP contribution in [0.25, 0.3) is 0 Å². The summed E-state index contributed by atoms with van der Waals surface area (Å²) in [5, 5.41) is 10.0. The number of aliphatic hydroxyl groups is 1. The molecule has 3 rings (SSSR count). The zero-order valence-electron chi connectivity index (χ0n) is 12.8. The predicted molar refractivity (Wildman–Crippen MR) is 79.9 cm³/mol. The molecule has 1 fully saturated rings. The van der Waals surface area contributed by atoms with Gasteiger partial charge in [-0.2, -0.15) is 0 Å². The van der Waals surface area contributed by atoms with E-state index >= 15 is 0 Å². The lowest BCUT2D eigenvalue weighted by atomic mass is 10.1. The van der Waals surface area contributed by atoms with Crippen LogP contribution in [0.4, 0.5) is 0 Å². The Morgan fingerprint density at radius 3 is 2.62 bits per heavy atom. The summed E-state index contributed by atoms with van der Waals surface area (Å²) in [5.74, 6) is 1.39. The molecule has 2 aliphatic rings. The molecule has 1 N–H and O–H groups in total. The van der Waals surface area contributed by atoms with E-state index in [0.717, 1.165) is 24.5 Å². The van der Waals surface area contributed by atoms with Gasteiger partial charge in [-0.25, -0.2) is 13.4 Å². The molecule has 0 aromatic carbocycles. The van der Waals surface area contributed by atoms with Crippen LogP contribution < -0.4 is 0 Å². The second-order valence-electron chi connectivity index (χ2n) is 6.51. The number of sulfone groups is 1. The molecule has 21 heavy (non-hydrogen) atoms. The molecule has 118 valence electrons. The van der Waals surface area contributed by atoms with Gasteiger partial charge in [-0.05, 0) is 0 Å². The van der Waals surface area contributed by atoms with E-state index in [4.69, 9.17) is 4.98 Å². The quantitative estimate of drug-likeness (QED) is 0.835. The Kier molecular flexibility index (Phi) is 3.62. The lowest BCUT2D eigenvalue weighted by molar-refractivity contribution is 0.0733. The van der Waals surface area contributed by atoms with E-state index in [-0.39, 0.29) is 17.5 Å². The summed E-state index contributed by atoms with van der Waals surface area (Å²) >= 11 is 0. The van der Waals surface area contributed by atoms with Crippen molar-refractivity contribution in [3.63, 3.8) is 0 Å². The molecule has 6 nitrogen and oxygen atoms in total. The highest BCUT2D eigenvalue weighted by Crippen LogP contribution is 2.27. The van der Waals surface area contributed by atoms with Crippen molar-refractivity contribution in [3.8, 4) is 0 Å². The molecule has 3 heterocycles. The Bertz CT molecular complexity index is 651. The molecule has 2 aliphatic heterocycles. The number of nitrogens with zero attached hydrogens (tertiary/aromatic N) is 3. The molecule has 0 amide bonds. The van der Waals surface area contributed by atoms with Crippen LogP contribution in [-0.2, 0) is 29.9 Å². The molecule has 0 spiro atoms. The van der Waals surface area contributed by atoms with Crippen LogP contribution in [0.15, 0.2) is 0 Å². The van der Waals surface area contributed by atoms with Crippen molar-refractivity contribution in [2.75, 3.05) is 18.1 Å². The first-order chi connectivity index (χ1) is 9.78. The van der Waals surface area contributed by atoms with Gasteiger partial charge in [0.15, 0.2) is 9.84 Å². The maximum atomic E-state index is 11.7. The second kappa shape index (κ2) is 5.07. The number of hydrogen-bond donors (Lipinski definition) is 1. The van der Waals surface area contributed by atoms with E-state index < -0.39 is 15.9 Å². The van der Waals surface area contributed by atoms with Crippen LogP contribution >= 0.6 is 0 Å². The number of hydrogen-bond acceptors (Lipinski definition) is 5. The summed E-state index contributed by atoms with van der Waals surface area (Å²) in [7, 11) is -1.06. The van der Waals surface area contributed by atoms with E-state index in [1.54, 1.807) is 0 Å². The predicted octanol–water partition coefficient (Wildman–Crippen LogP) is 0.0595. The third-order valence-electron chi connectivity index (χ3n) is 4.60. The van der Waals surface area contributed by atoms with Crippen molar-refractivity contribution < 1.29 is 13.5 Å². The zero-order chi connectivity index (χ0) is 15.4. The fourth-order valence-corrected chi connectivity index (χ4v) is 5.36. The Balaban J connectivity index is 1.84. The standard InChI is InChI=1S/C14H23N3O3S/c1-9(2)14-15-10-6-17(5-4-11(10)16(14)3)12-7-21(19,20)8-13(12)18/h9,12-13,18H,4-8H2,1-3H3/t12-,13+/m0/s1. The molecule has 1 saturated heterocycles. The van der Waals surface area contributed by atoms with Crippen molar-refractivity contribution >= 4 is 9.84 Å². The normalized spacial score (nSPS) is 29.0. The van der Waals surface area contributed by atoms with E-state index in [1.165, 1.54) is 5.69 Å². The van der Waals surface area contributed by atoms with Gasteiger partial charge >= 0.3 is 0 Å². The highest BCUT2D eigenvalue weighted by molar-refractivity contribution is 7.91. The topological polar surface area (TPSA) is 75.4 Å². The van der Waals surface area contributed by atoms with Crippen molar-refractivity contribution in [2.45, 2.75) is 44.9 Å². The summed E-state index contributed by atoms with van der Waals surface area (Å²) in [5.41, 5.74) is 2.27. The van der Waals surface area contributed by atoms with Gasteiger partial charge in [-0.3, -0.25) is 4.90 Å². The Labute approximate surface area is 125 Å². The summed E-state index contributed by atoms with van der Waals surface area (Å²) in [6.07, 6.45) is 0.0827. The molecule has 0 unspecified atom stereocenters. The Morgan fingerprint density at radius 2 is 2.05 bits per heavy atom. The van der Waals surface area contributed by atoms with Crippen LogP contribution in [0.2, 0.25) is 0 Å². The van der Waals surface area contributed by atoms with Crippen LogP contribution in [0.5, 0.6) is 0 Å². The minimum Gasteiger partial charge on any atom is -0.390 e. The molecular formula is C14H23N3O3S. The lowest BCUT2D eigenvalue weighted by Gasteiger charge is -2.32. The van der Waals surface area contributed by atoms with Crippen molar-refractivity contribution in [1.82, 2.24) is 14.5 Å². The third-order valence-corrected chi connectivity index (χ3v) is 6.30. The zero-order valence-corrected chi connectivity index (χ0v) is 13.6. The van der Waals surface area contributed by atoms with Gasteiger partial charge in [0.05, 0.1) is 29.3 Å². The highest BCUT2D eigenvalue weighted by Gasteiger charge is 2.41. The Morgan fingerprint density at radius 1 is 1.33 bits per heavy atom. The Hall–Kier alpha value is -0.920. The highest BCUT2D eigenvalue weighted by atomic mass is 32.2. The first-order valence-electron chi connectivity index (χ1n) is 7.45. The van der Waals surface area contributed by atoms with Crippen LogP contribution in [0.1, 0.15) is 37.0 Å². The minimum absolute atomic E-state index is 0.0629. The molecule has 7 heteroatoms. The van der Waals surface area contributed by atoms with Crippen molar-refractivity contribution in [1.29, 1.82) is 0 Å². The second-order valence-corrected chi connectivity index (χ2v) is 8.66. The van der Waals surface area contributed by atoms with E-state index in [2.05, 4.69) is 23.3 Å². The van der Waals surface area contributed by atoms with Crippen LogP contribution in [-0.4, -0.2) is 58.2 Å². The van der Waals surface area contributed by atoms with E-state index in [1.807, 2.05) is 7.05 Å². The van der Waals surface area contributed by atoms with Gasteiger partial charge in [-0.15, -0.1) is 0 Å². The smallest absolute Gasteiger partial charge is 0.154 e. The summed E-state index contributed by atoms with van der Waals surface area (Å²) in [6.45, 7) is 5.66. The minimum atomic E-state index is -3.11. The molecule has 0 aliphatic carbocycles. The summed E-state index contributed by atoms with van der Waals surface area (Å²) < 4.78 is 25.5. The average Bonchev–Trinajstić information content (AvgIpc) is 2.86.